The van der Waals surface area contributed by atoms with Crippen molar-refractivity contribution < 1.29 is 13.5 Å². The minimum absolute atomic E-state index is 0.00884. The SMILES string of the molecule is C/C=C/CCC1CCC(c2ccc(-c3ccc(OCCCCCCC)c(F)c3F)cc2)CC1. The molecule has 0 radical (unpaired) electrons. The van der Waals surface area contributed by atoms with Crippen molar-refractivity contribution >= 4 is 0 Å². The topological polar surface area (TPSA) is 9.23 Å². The first-order chi connectivity index (χ1) is 16.1. The van der Waals surface area contributed by atoms with E-state index < -0.39 is 11.6 Å². The number of hydrogen-bond donors (Lipinski definition) is 0. The highest BCUT2D eigenvalue weighted by molar-refractivity contribution is 5.65. The average Bonchev–Trinajstić information content (AvgIpc) is 2.85. The molecule has 2 aromatic carbocycles. The highest BCUT2D eigenvalue weighted by atomic mass is 19.2. The molecule has 2 aromatic rings. The van der Waals surface area contributed by atoms with Gasteiger partial charge in [0.05, 0.1) is 6.61 Å². The molecule has 0 bridgehead atoms. The van der Waals surface area contributed by atoms with E-state index in [-0.39, 0.29) is 5.75 Å². The van der Waals surface area contributed by atoms with Crippen LogP contribution in [0.15, 0.2) is 48.6 Å². The first-order valence-corrected chi connectivity index (χ1v) is 13.0. The lowest BCUT2D eigenvalue weighted by Gasteiger charge is -2.28. The van der Waals surface area contributed by atoms with Crippen LogP contribution in [0.3, 0.4) is 0 Å². The Hall–Kier alpha value is -2.16. The summed E-state index contributed by atoms with van der Waals surface area (Å²) in [6, 6.07) is 11.2. The zero-order valence-corrected chi connectivity index (χ0v) is 20.4. The molecule has 3 heteroatoms. The third-order valence-corrected chi connectivity index (χ3v) is 7.07. The Morgan fingerprint density at radius 3 is 2.30 bits per heavy atom. The smallest absolute Gasteiger partial charge is 0.201 e. The predicted octanol–water partition coefficient (Wildman–Crippen LogP) is 9.61. The highest BCUT2D eigenvalue weighted by Gasteiger charge is 2.22. The van der Waals surface area contributed by atoms with E-state index in [1.54, 1.807) is 12.1 Å². The standard InChI is InChI=1S/C30H40F2O/c1-3-5-7-8-10-22-33-28-21-20-27(29(31)30(28)32)26-18-16-25(17-19-26)24-14-12-23(13-15-24)11-9-6-4-2/h4,6,16-21,23-24H,3,5,7-15,22H2,1-2H3/b6-4+. The molecule has 1 saturated carbocycles. The van der Waals surface area contributed by atoms with E-state index in [2.05, 4.69) is 38.1 Å². The molecule has 0 aliphatic heterocycles. The zero-order chi connectivity index (χ0) is 23.5. The highest BCUT2D eigenvalue weighted by Crippen LogP contribution is 2.38. The Bertz CT molecular complexity index is 864. The van der Waals surface area contributed by atoms with Crippen LogP contribution < -0.4 is 4.74 Å². The zero-order valence-electron chi connectivity index (χ0n) is 20.4. The predicted molar refractivity (Wildman–Crippen MR) is 135 cm³/mol. The lowest BCUT2D eigenvalue weighted by molar-refractivity contribution is 0.285. The van der Waals surface area contributed by atoms with E-state index >= 15 is 0 Å². The molecule has 0 spiro atoms. The second-order valence-corrected chi connectivity index (χ2v) is 9.49. The maximum atomic E-state index is 14.8. The molecule has 0 aromatic heterocycles. The number of allylic oxidation sites excluding steroid dienone is 2. The summed E-state index contributed by atoms with van der Waals surface area (Å²) in [5.74, 6) is -0.290. The van der Waals surface area contributed by atoms with Gasteiger partial charge in [-0.2, -0.15) is 4.39 Å². The van der Waals surface area contributed by atoms with Gasteiger partial charge in [-0.3, -0.25) is 0 Å². The summed E-state index contributed by atoms with van der Waals surface area (Å²) in [6.45, 7) is 4.67. The van der Waals surface area contributed by atoms with Crippen LogP contribution in [0.2, 0.25) is 0 Å². The van der Waals surface area contributed by atoms with Crippen molar-refractivity contribution in [1.82, 2.24) is 0 Å². The summed E-state index contributed by atoms with van der Waals surface area (Å²) >= 11 is 0. The average molecular weight is 455 g/mol. The van der Waals surface area contributed by atoms with Gasteiger partial charge in [-0.15, -0.1) is 0 Å². The van der Waals surface area contributed by atoms with Gasteiger partial charge >= 0.3 is 0 Å². The molecular weight excluding hydrogens is 414 g/mol. The van der Waals surface area contributed by atoms with Crippen molar-refractivity contribution in [3.05, 3.63) is 65.7 Å². The van der Waals surface area contributed by atoms with Gasteiger partial charge in [0.2, 0.25) is 5.82 Å². The van der Waals surface area contributed by atoms with Crippen LogP contribution >= 0.6 is 0 Å². The molecule has 0 amide bonds. The monoisotopic (exact) mass is 454 g/mol. The number of unbranched alkanes of at least 4 members (excludes halogenated alkanes) is 4. The van der Waals surface area contributed by atoms with Gasteiger partial charge in [-0.05, 0) is 87.0 Å². The summed E-state index contributed by atoms with van der Waals surface area (Å²) in [5.41, 5.74) is 2.32. The van der Waals surface area contributed by atoms with Gasteiger partial charge in [0.15, 0.2) is 11.6 Å². The molecule has 0 unspecified atom stereocenters. The molecule has 0 N–H and O–H groups in total. The molecule has 1 fully saturated rings. The van der Waals surface area contributed by atoms with Gasteiger partial charge in [0, 0.05) is 5.56 Å². The van der Waals surface area contributed by atoms with Gasteiger partial charge < -0.3 is 4.74 Å². The molecule has 1 aliphatic rings. The number of halogens is 2. The Morgan fingerprint density at radius 2 is 1.61 bits per heavy atom. The molecule has 1 aliphatic carbocycles. The maximum absolute atomic E-state index is 14.8. The summed E-state index contributed by atoms with van der Waals surface area (Å²) < 4.78 is 34.9. The summed E-state index contributed by atoms with van der Waals surface area (Å²) in [6.07, 6.45) is 17.3. The second-order valence-electron chi connectivity index (χ2n) is 9.49. The molecule has 1 nitrogen and oxygen atoms in total. The van der Waals surface area contributed by atoms with Crippen molar-refractivity contribution in [3.8, 4) is 16.9 Å². The molecule has 0 heterocycles. The van der Waals surface area contributed by atoms with Crippen molar-refractivity contribution in [2.45, 2.75) is 90.4 Å². The first-order valence-electron chi connectivity index (χ1n) is 13.0. The molecule has 33 heavy (non-hydrogen) atoms. The van der Waals surface area contributed by atoms with E-state index in [1.807, 2.05) is 12.1 Å². The molecule has 0 atom stereocenters. The van der Waals surface area contributed by atoms with Crippen molar-refractivity contribution in [1.29, 1.82) is 0 Å². The van der Waals surface area contributed by atoms with Gasteiger partial charge in [0.25, 0.3) is 0 Å². The van der Waals surface area contributed by atoms with Crippen LogP contribution in [0.25, 0.3) is 11.1 Å². The number of ether oxygens (including phenoxy) is 1. The molecule has 3 rings (SSSR count). The minimum atomic E-state index is -0.888. The third-order valence-electron chi connectivity index (χ3n) is 7.07. The Kier molecular flexibility index (Phi) is 10.4. The number of rotatable bonds is 12. The van der Waals surface area contributed by atoms with E-state index in [0.29, 0.717) is 23.7 Å². The van der Waals surface area contributed by atoms with Crippen LogP contribution in [0.5, 0.6) is 5.75 Å². The van der Waals surface area contributed by atoms with Crippen molar-refractivity contribution in [2.24, 2.45) is 5.92 Å². The fraction of sp³-hybridized carbons (Fsp3) is 0.533. The maximum Gasteiger partial charge on any atom is 0.201 e. The van der Waals surface area contributed by atoms with Gasteiger partial charge in [-0.25, -0.2) is 4.39 Å². The van der Waals surface area contributed by atoms with Gasteiger partial charge in [0.1, 0.15) is 0 Å². The van der Waals surface area contributed by atoms with Crippen LogP contribution in [0.1, 0.15) is 96.0 Å². The Balaban J connectivity index is 1.55. The summed E-state index contributed by atoms with van der Waals surface area (Å²) in [7, 11) is 0. The van der Waals surface area contributed by atoms with Crippen molar-refractivity contribution in [3.63, 3.8) is 0 Å². The Morgan fingerprint density at radius 1 is 0.879 bits per heavy atom. The fourth-order valence-electron chi connectivity index (χ4n) is 4.97. The third kappa shape index (κ3) is 7.42. The number of hydrogen-bond acceptors (Lipinski definition) is 1. The van der Waals surface area contributed by atoms with E-state index in [9.17, 15) is 8.78 Å². The fourth-order valence-corrected chi connectivity index (χ4v) is 4.97. The largest absolute Gasteiger partial charge is 0.490 e. The van der Waals surface area contributed by atoms with Crippen LogP contribution in [0.4, 0.5) is 8.78 Å². The lowest BCUT2D eigenvalue weighted by Crippen LogP contribution is -2.13. The summed E-state index contributed by atoms with van der Waals surface area (Å²) in [5, 5.41) is 0. The molecule has 0 saturated heterocycles. The quantitative estimate of drug-likeness (QED) is 0.229. The van der Waals surface area contributed by atoms with E-state index in [0.717, 1.165) is 25.2 Å². The van der Waals surface area contributed by atoms with Crippen LogP contribution in [0, 0.1) is 17.6 Å². The number of benzene rings is 2. The van der Waals surface area contributed by atoms with E-state index in [4.69, 9.17) is 4.74 Å². The normalized spacial score (nSPS) is 18.7. The summed E-state index contributed by atoms with van der Waals surface area (Å²) in [4.78, 5) is 0. The second kappa shape index (κ2) is 13.5. The molecular formula is C30H40F2O. The van der Waals surface area contributed by atoms with Crippen LogP contribution in [-0.2, 0) is 0 Å². The lowest BCUT2D eigenvalue weighted by atomic mass is 9.77. The first kappa shape index (κ1) is 25.5. The van der Waals surface area contributed by atoms with E-state index in [1.165, 1.54) is 56.9 Å². The Labute approximate surface area is 199 Å². The van der Waals surface area contributed by atoms with Crippen molar-refractivity contribution in [2.75, 3.05) is 6.61 Å². The minimum Gasteiger partial charge on any atom is -0.490 e. The van der Waals surface area contributed by atoms with Gasteiger partial charge in [-0.1, -0.05) is 69.0 Å². The van der Waals surface area contributed by atoms with Crippen LogP contribution in [-0.4, -0.2) is 6.61 Å². The molecule has 180 valence electrons.